The maximum absolute atomic E-state index is 12.2. The Balaban J connectivity index is 1.65. The molecule has 1 N–H and O–H groups in total. The second-order valence-electron chi connectivity index (χ2n) is 6.54. The van der Waals surface area contributed by atoms with Crippen LogP contribution in [0, 0.1) is 17.2 Å². The highest BCUT2D eigenvalue weighted by atomic mass is 16.3. The number of rotatable bonds is 4. The molecule has 1 heterocycles. The molecule has 1 aromatic heterocycles. The molecule has 4 nitrogen and oxygen atoms in total. The van der Waals surface area contributed by atoms with E-state index in [1.807, 2.05) is 18.2 Å². The summed E-state index contributed by atoms with van der Waals surface area (Å²) in [5, 5.41) is 12.2. The van der Waals surface area contributed by atoms with Gasteiger partial charge in [-0.3, -0.25) is 4.79 Å². The smallest absolute Gasteiger partial charge is 0.262 e. The molecule has 0 unspecified atom stereocenters. The molecule has 4 heteroatoms. The van der Waals surface area contributed by atoms with Crippen molar-refractivity contribution >= 4 is 12.0 Å². The van der Waals surface area contributed by atoms with Gasteiger partial charge in [-0.1, -0.05) is 26.2 Å². The third kappa shape index (κ3) is 3.41. The van der Waals surface area contributed by atoms with Crippen LogP contribution in [0.3, 0.4) is 0 Å². The summed E-state index contributed by atoms with van der Waals surface area (Å²) in [5.41, 5.74) is 0.121. The van der Waals surface area contributed by atoms with E-state index in [1.54, 1.807) is 6.08 Å². The van der Waals surface area contributed by atoms with Gasteiger partial charge in [0.2, 0.25) is 0 Å². The van der Waals surface area contributed by atoms with Gasteiger partial charge in [0.1, 0.15) is 23.2 Å². The summed E-state index contributed by atoms with van der Waals surface area (Å²) in [5.74, 6) is 2.44. The Morgan fingerprint density at radius 2 is 2.09 bits per heavy atom. The van der Waals surface area contributed by atoms with Crippen LogP contribution in [0.1, 0.15) is 62.9 Å². The van der Waals surface area contributed by atoms with Crippen molar-refractivity contribution in [2.75, 3.05) is 0 Å². The molecule has 0 radical (unpaired) electrons. The van der Waals surface area contributed by atoms with Crippen LogP contribution in [-0.2, 0) is 4.79 Å². The van der Waals surface area contributed by atoms with Crippen LogP contribution in [-0.4, -0.2) is 11.9 Å². The summed E-state index contributed by atoms with van der Waals surface area (Å²) >= 11 is 0. The monoisotopic (exact) mass is 298 g/mol. The van der Waals surface area contributed by atoms with E-state index in [4.69, 9.17) is 4.42 Å². The number of carbonyl (C=O) groups is 1. The molecule has 2 aliphatic rings. The van der Waals surface area contributed by atoms with Crippen molar-refractivity contribution < 1.29 is 9.21 Å². The van der Waals surface area contributed by atoms with Crippen LogP contribution < -0.4 is 5.32 Å². The highest BCUT2D eigenvalue weighted by molar-refractivity contribution is 6.01. The first-order chi connectivity index (χ1) is 10.7. The van der Waals surface area contributed by atoms with Crippen molar-refractivity contribution in [2.24, 2.45) is 5.92 Å². The fourth-order valence-corrected chi connectivity index (χ4v) is 3.16. The van der Waals surface area contributed by atoms with Crippen molar-refractivity contribution in [3.63, 3.8) is 0 Å². The number of nitrogens with zero attached hydrogens (tertiary/aromatic N) is 1. The van der Waals surface area contributed by atoms with E-state index in [1.165, 1.54) is 6.42 Å². The number of nitriles is 1. The number of amides is 1. The van der Waals surface area contributed by atoms with E-state index in [2.05, 4.69) is 12.2 Å². The summed E-state index contributed by atoms with van der Waals surface area (Å²) in [6, 6.07) is 5.99. The Labute approximate surface area is 131 Å². The zero-order valence-corrected chi connectivity index (χ0v) is 13.0. The molecular formula is C18H22N2O2. The Bertz CT molecular complexity index is 617. The van der Waals surface area contributed by atoms with Gasteiger partial charge in [0.15, 0.2) is 0 Å². The minimum Gasteiger partial charge on any atom is -0.461 e. The lowest BCUT2D eigenvalue weighted by atomic mass is 9.95. The summed E-state index contributed by atoms with van der Waals surface area (Å²) in [4.78, 5) is 12.2. The second-order valence-corrected chi connectivity index (χ2v) is 6.54. The van der Waals surface area contributed by atoms with E-state index < -0.39 is 0 Å². The van der Waals surface area contributed by atoms with Gasteiger partial charge in [-0.05, 0) is 37.3 Å². The average Bonchev–Trinajstić information content (AvgIpc) is 3.08. The summed E-state index contributed by atoms with van der Waals surface area (Å²) in [7, 11) is 0. The summed E-state index contributed by atoms with van der Waals surface area (Å²) in [6.07, 6.45) is 8.26. The predicted molar refractivity (Wildman–Crippen MR) is 83.8 cm³/mol. The Kier molecular flexibility index (Phi) is 4.33. The Hall–Kier alpha value is -2.02. The van der Waals surface area contributed by atoms with E-state index in [-0.39, 0.29) is 17.5 Å². The van der Waals surface area contributed by atoms with Crippen molar-refractivity contribution in [3.05, 3.63) is 29.2 Å². The van der Waals surface area contributed by atoms with Crippen molar-refractivity contribution in [1.82, 2.24) is 5.32 Å². The lowest BCUT2D eigenvalue weighted by Crippen LogP contribution is -2.36. The first-order valence-corrected chi connectivity index (χ1v) is 8.20. The quantitative estimate of drug-likeness (QED) is 0.680. The van der Waals surface area contributed by atoms with E-state index >= 15 is 0 Å². The molecule has 0 spiro atoms. The van der Waals surface area contributed by atoms with Gasteiger partial charge < -0.3 is 9.73 Å². The maximum atomic E-state index is 12.2. The van der Waals surface area contributed by atoms with Gasteiger partial charge in [-0.2, -0.15) is 5.26 Å². The minimum atomic E-state index is -0.285. The minimum absolute atomic E-state index is 0.121. The zero-order valence-electron chi connectivity index (χ0n) is 13.0. The van der Waals surface area contributed by atoms with Crippen LogP contribution in [0.25, 0.3) is 6.08 Å². The van der Waals surface area contributed by atoms with Gasteiger partial charge in [0.05, 0.1) is 0 Å². The number of nitrogens with one attached hydrogen (secondary N) is 1. The van der Waals surface area contributed by atoms with Crippen LogP contribution in [0.4, 0.5) is 0 Å². The molecule has 2 aliphatic carbocycles. The molecule has 2 saturated carbocycles. The predicted octanol–water partition coefficient (Wildman–Crippen LogP) is 3.76. The standard InChI is InChI=1S/C18H22N2O2/c1-12-9-16(12)17-8-7-15(22-17)10-13(11-19)18(21)20-14-5-3-2-4-6-14/h7-8,10,12,14,16H,2-6,9H2,1H3,(H,20,21)/b13-10+/t12-,16+/m1/s1. The fraction of sp³-hybridized carbons (Fsp3) is 0.556. The Morgan fingerprint density at radius 1 is 1.36 bits per heavy atom. The van der Waals surface area contributed by atoms with Gasteiger partial charge in [-0.25, -0.2) is 0 Å². The number of carbonyl (C=O) groups excluding carboxylic acids is 1. The lowest BCUT2D eigenvalue weighted by molar-refractivity contribution is -0.117. The third-order valence-electron chi connectivity index (χ3n) is 4.71. The molecule has 0 bridgehead atoms. The third-order valence-corrected chi connectivity index (χ3v) is 4.71. The van der Waals surface area contributed by atoms with Gasteiger partial charge in [-0.15, -0.1) is 0 Å². The van der Waals surface area contributed by atoms with Crippen LogP contribution >= 0.6 is 0 Å². The Morgan fingerprint density at radius 3 is 2.73 bits per heavy atom. The molecule has 0 aromatic carbocycles. The maximum Gasteiger partial charge on any atom is 0.262 e. The highest BCUT2D eigenvalue weighted by Crippen LogP contribution is 2.47. The molecule has 1 aromatic rings. The molecule has 116 valence electrons. The molecule has 2 atom stereocenters. The number of hydrogen-bond acceptors (Lipinski definition) is 3. The molecule has 3 rings (SSSR count). The van der Waals surface area contributed by atoms with Crippen LogP contribution in [0.2, 0.25) is 0 Å². The first-order valence-electron chi connectivity index (χ1n) is 8.20. The van der Waals surface area contributed by atoms with E-state index in [0.717, 1.165) is 37.9 Å². The summed E-state index contributed by atoms with van der Waals surface area (Å²) < 4.78 is 5.74. The number of hydrogen-bond donors (Lipinski definition) is 1. The molecule has 2 fully saturated rings. The van der Waals surface area contributed by atoms with Gasteiger partial charge in [0.25, 0.3) is 5.91 Å². The SMILES string of the molecule is C[C@@H]1C[C@@H]1c1ccc(/C=C(\C#N)C(=O)NC2CCCCC2)o1. The molecule has 1 amide bonds. The van der Waals surface area contributed by atoms with Gasteiger partial charge >= 0.3 is 0 Å². The van der Waals surface area contributed by atoms with Crippen molar-refractivity contribution in [3.8, 4) is 6.07 Å². The lowest BCUT2D eigenvalue weighted by Gasteiger charge is -2.22. The first kappa shape index (κ1) is 14.9. The van der Waals surface area contributed by atoms with Crippen molar-refractivity contribution in [2.45, 2.75) is 57.4 Å². The van der Waals surface area contributed by atoms with Gasteiger partial charge in [0, 0.05) is 18.0 Å². The summed E-state index contributed by atoms with van der Waals surface area (Å²) in [6.45, 7) is 2.20. The molecule has 0 saturated heterocycles. The molecule has 22 heavy (non-hydrogen) atoms. The number of furan rings is 1. The van der Waals surface area contributed by atoms with Crippen molar-refractivity contribution in [1.29, 1.82) is 5.26 Å². The fourth-order valence-electron chi connectivity index (χ4n) is 3.16. The van der Waals surface area contributed by atoms with Crippen LogP contribution in [0.5, 0.6) is 0 Å². The topological polar surface area (TPSA) is 66.0 Å². The van der Waals surface area contributed by atoms with Crippen LogP contribution in [0.15, 0.2) is 22.1 Å². The molecule has 0 aliphatic heterocycles. The largest absolute Gasteiger partial charge is 0.461 e. The van der Waals surface area contributed by atoms with E-state index in [0.29, 0.717) is 17.6 Å². The highest BCUT2D eigenvalue weighted by Gasteiger charge is 2.36. The normalized spacial score (nSPS) is 25.5. The average molecular weight is 298 g/mol. The second kappa shape index (κ2) is 6.39. The zero-order chi connectivity index (χ0) is 15.5. The van der Waals surface area contributed by atoms with E-state index in [9.17, 15) is 10.1 Å². The molecular weight excluding hydrogens is 276 g/mol.